The normalized spacial score (nSPS) is 9.34. The molecule has 0 aliphatic heterocycles. The lowest BCUT2D eigenvalue weighted by atomic mass is 10.1. The number of benzene rings is 2. The van der Waals surface area contributed by atoms with E-state index in [-0.39, 0.29) is 78.7 Å². The fraction of sp³-hybridized carbons (Fsp3) is 0.278. The molecule has 4 aromatic rings. The highest BCUT2D eigenvalue weighted by molar-refractivity contribution is 15.0. The van der Waals surface area contributed by atoms with E-state index in [0.717, 1.165) is 5.82 Å². The molecule has 0 radical (unpaired) electrons. The van der Waals surface area contributed by atoms with Crippen LogP contribution in [0.4, 0.5) is 34.4 Å². The van der Waals surface area contributed by atoms with E-state index < -0.39 is 21.7 Å². The predicted molar refractivity (Wildman–Crippen MR) is 247 cm³/mol. The lowest BCUT2D eigenvalue weighted by Gasteiger charge is -2.21. The van der Waals surface area contributed by atoms with Crippen molar-refractivity contribution in [2.24, 2.45) is 0 Å². The first-order valence-electron chi connectivity index (χ1n) is 16.8. The first-order valence-corrected chi connectivity index (χ1v) is 23.1. The van der Waals surface area contributed by atoms with Crippen molar-refractivity contribution in [3.63, 3.8) is 0 Å². The third-order valence-electron chi connectivity index (χ3n) is 6.95. The Hall–Kier alpha value is -4.99. The fourth-order valence-corrected chi connectivity index (χ4v) is 4.45. The summed E-state index contributed by atoms with van der Waals surface area (Å²) in [6.07, 6.45) is 3.57. The third-order valence-corrected chi connectivity index (χ3v) is 6.95. The van der Waals surface area contributed by atoms with E-state index >= 15 is 0 Å². The second-order valence-corrected chi connectivity index (χ2v) is 10.5. The maximum Gasteiger partial charge on any atom is 0.307 e. The molecule has 0 bridgehead atoms. The van der Waals surface area contributed by atoms with Crippen molar-refractivity contribution in [2.75, 3.05) is 61.2 Å². The van der Waals surface area contributed by atoms with Gasteiger partial charge in [0, 0.05) is 88.4 Å². The number of hydrogen-bond acceptors (Lipinski definition) is 16. The van der Waals surface area contributed by atoms with Gasteiger partial charge in [-0.3, -0.25) is 44.3 Å². The van der Waals surface area contributed by atoms with Gasteiger partial charge in [0.15, 0.2) is 0 Å². The van der Waals surface area contributed by atoms with Gasteiger partial charge in [-0.2, -0.15) is 0 Å². The van der Waals surface area contributed by atoms with Crippen LogP contribution in [0.3, 0.4) is 0 Å². The van der Waals surface area contributed by atoms with Gasteiger partial charge in [-0.1, -0.05) is 12.1 Å². The molecule has 19 nitrogen and oxygen atoms in total. The number of pyridine rings is 2. The molecule has 0 aliphatic carbocycles. The molecule has 0 spiro atoms. The van der Waals surface area contributed by atoms with E-state index in [9.17, 15) is 39.4 Å². The van der Waals surface area contributed by atoms with Gasteiger partial charge in [0.05, 0.1) is 42.0 Å². The van der Waals surface area contributed by atoms with Crippen LogP contribution >= 0.6 is 61.2 Å². The quantitative estimate of drug-likeness (QED) is 0.0302. The molecule has 0 unspecified atom stereocenters. The molecule has 0 atom stereocenters. The highest BCUT2D eigenvalue weighted by atomic mass is 128. The number of carbonyl (C=O) groups is 4. The highest BCUT2D eigenvalue weighted by Gasteiger charge is 2.23. The smallest absolute Gasteiger partial charge is 0.307 e. The second kappa shape index (κ2) is 31.1. The molecule has 0 saturated carbocycles. The topological polar surface area (TPSA) is 247 Å². The zero-order valence-corrected chi connectivity index (χ0v) is 38.4. The largest absolute Gasteiger partial charge is 0.466 e. The Balaban J connectivity index is 0.000000888. The van der Waals surface area contributed by atoms with Gasteiger partial charge in [0.1, 0.15) is 28.8 Å². The Kier molecular flexibility index (Phi) is 28.4. The molecule has 2 aromatic carbocycles. The monoisotopic (exact) mass is 1140 g/mol. The number of nitro benzene ring substituents is 2. The lowest BCUT2D eigenvalue weighted by molar-refractivity contribution is -0.384. The Morgan fingerprint density at radius 3 is 1.84 bits per heavy atom. The van der Waals surface area contributed by atoms with Crippen LogP contribution in [-0.4, -0.2) is 84.5 Å². The van der Waals surface area contributed by atoms with Crippen LogP contribution in [0.2, 0.25) is 0 Å². The summed E-state index contributed by atoms with van der Waals surface area (Å²) in [5, 5.41) is 30.2. The van der Waals surface area contributed by atoms with Crippen LogP contribution in [0.15, 0.2) is 85.2 Å². The minimum Gasteiger partial charge on any atom is -0.466 e. The standard InChI is InChI=1S/C18H20N4O5.C10H14N2O2.C8H8N2O4.I2.HI/c1-3-27-17(23)9-11-21(16-6-4-5-10-20-16)18(24)13-7-8-14(19-2)15(12-13)22(25)26;1-2-14-10(13)6-8-12-9-5-3-4-7-11-9;1-9-7-3-2-6(14-5-11)4-8(7)10(12)13;1-2;/h4-8,10,12,19H,3,9,11H2,1-2H3;3-5,7H,2,6,8H2,1H3,(H,11,12);2-5,9H,1H3;;1H. The molecule has 314 valence electrons. The van der Waals surface area contributed by atoms with Crippen molar-refractivity contribution in [1.82, 2.24) is 9.97 Å². The Bertz CT molecular complexity index is 1880. The average Bonchev–Trinajstić information content (AvgIpc) is 3.23. The summed E-state index contributed by atoms with van der Waals surface area (Å²) in [7, 11) is 3.13. The van der Waals surface area contributed by atoms with Crippen molar-refractivity contribution in [3.8, 4) is 5.75 Å². The Morgan fingerprint density at radius 1 is 0.793 bits per heavy atom. The molecule has 0 aliphatic rings. The summed E-state index contributed by atoms with van der Waals surface area (Å²) in [6.45, 7) is 4.98. The number of rotatable bonds is 17. The van der Waals surface area contributed by atoms with Gasteiger partial charge in [-0.15, -0.1) is 24.0 Å². The number of amides is 1. The summed E-state index contributed by atoms with van der Waals surface area (Å²) >= 11 is 4.24. The summed E-state index contributed by atoms with van der Waals surface area (Å²) in [6, 6.07) is 18.9. The lowest BCUT2D eigenvalue weighted by Crippen LogP contribution is -2.34. The number of halogens is 3. The van der Waals surface area contributed by atoms with E-state index in [4.69, 9.17) is 9.47 Å². The minimum absolute atomic E-state index is 0. The van der Waals surface area contributed by atoms with Gasteiger partial charge in [-0.25, -0.2) is 9.97 Å². The van der Waals surface area contributed by atoms with Crippen LogP contribution in [0, 0.1) is 20.2 Å². The zero-order chi connectivity index (χ0) is 42.6. The summed E-state index contributed by atoms with van der Waals surface area (Å²) in [4.78, 5) is 75.8. The number of ether oxygens (including phenoxy) is 3. The van der Waals surface area contributed by atoms with E-state index in [0.29, 0.717) is 36.8 Å². The SMILES string of the molecule is CCOC(=O)CCN(C(=O)c1ccc(NC)c([N+](=O)[O-])c1)c1ccccn1.CCOC(=O)CCNc1ccccn1.CNc1ccc(OC=O)cc1[N+](=O)[O-].I.II. The Morgan fingerprint density at radius 2 is 1.34 bits per heavy atom. The van der Waals surface area contributed by atoms with Gasteiger partial charge in [0.25, 0.3) is 23.8 Å². The van der Waals surface area contributed by atoms with E-state index in [1.165, 1.54) is 47.5 Å². The van der Waals surface area contributed by atoms with Crippen LogP contribution in [0.5, 0.6) is 5.75 Å². The zero-order valence-electron chi connectivity index (χ0n) is 31.8. The maximum atomic E-state index is 13.0. The van der Waals surface area contributed by atoms with Crippen LogP contribution in [0.1, 0.15) is 37.0 Å². The number of nitrogens with one attached hydrogen (secondary N) is 3. The number of nitro groups is 2. The van der Waals surface area contributed by atoms with E-state index in [2.05, 4.69) is 67.9 Å². The average molecular weight is 1140 g/mol. The summed E-state index contributed by atoms with van der Waals surface area (Å²) in [5.74, 6) is 0.136. The first kappa shape index (κ1) is 53.0. The van der Waals surface area contributed by atoms with Crippen molar-refractivity contribution in [1.29, 1.82) is 0 Å². The van der Waals surface area contributed by atoms with Crippen molar-refractivity contribution >= 4 is 120 Å². The van der Waals surface area contributed by atoms with Crippen molar-refractivity contribution in [3.05, 3.63) is 111 Å². The maximum absolute atomic E-state index is 13.0. The number of carbonyl (C=O) groups excluding carboxylic acids is 4. The molecule has 58 heavy (non-hydrogen) atoms. The minimum atomic E-state index is -0.563. The first-order chi connectivity index (χ1) is 27.5. The van der Waals surface area contributed by atoms with Crippen LogP contribution in [0.25, 0.3) is 0 Å². The molecule has 0 fully saturated rings. The molecule has 1 amide bonds. The number of nitrogens with zero attached hydrogens (tertiary/aromatic N) is 5. The summed E-state index contributed by atoms with van der Waals surface area (Å²) < 4.78 is 14.2. The number of anilines is 4. The van der Waals surface area contributed by atoms with E-state index in [1.54, 1.807) is 52.3 Å². The molecule has 0 saturated heterocycles. The highest BCUT2D eigenvalue weighted by Crippen LogP contribution is 2.29. The van der Waals surface area contributed by atoms with Crippen molar-refractivity contribution < 1.29 is 43.2 Å². The molecule has 3 N–H and O–H groups in total. The molecule has 4 rings (SSSR count). The molecular formula is C36H43I3N8O11. The molecule has 2 aromatic heterocycles. The van der Waals surface area contributed by atoms with Gasteiger partial charge in [-0.05, 0) is 62.4 Å². The molecule has 2 heterocycles. The van der Waals surface area contributed by atoms with Gasteiger partial charge in [0.2, 0.25) is 0 Å². The van der Waals surface area contributed by atoms with Gasteiger partial charge >= 0.3 is 11.9 Å². The number of hydrogen-bond donors (Lipinski definition) is 3. The summed E-state index contributed by atoms with van der Waals surface area (Å²) in [5.41, 5.74) is 0.442. The van der Waals surface area contributed by atoms with Crippen LogP contribution < -0.4 is 25.6 Å². The molecular weight excluding hydrogens is 1100 g/mol. The third kappa shape index (κ3) is 19.4. The number of esters is 2. The van der Waals surface area contributed by atoms with Crippen molar-refractivity contribution in [2.45, 2.75) is 26.7 Å². The second-order valence-electron chi connectivity index (χ2n) is 10.5. The molecule has 22 heteroatoms. The fourth-order valence-electron chi connectivity index (χ4n) is 4.45. The number of aromatic nitrogens is 2. The van der Waals surface area contributed by atoms with Gasteiger partial charge < -0.3 is 30.2 Å². The van der Waals surface area contributed by atoms with Crippen LogP contribution in [-0.2, 0) is 23.9 Å². The van der Waals surface area contributed by atoms with E-state index in [1.807, 2.05) is 18.2 Å². The predicted octanol–water partition coefficient (Wildman–Crippen LogP) is 7.64. The Labute approximate surface area is 375 Å².